The number of aromatic nitrogens is 2. The summed E-state index contributed by atoms with van der Waals surface area (Å²) >= 11 is 0. The molecule has 5 heteroatoms. The summed E-state index contributed by atoms with van der Waals surface area (Å²) in [5.74, 6) is 1.26. The molecule has 3 aromatic rings. The molecule has 0 aliphatic rings. The van der Waals surface area contributed by atoms with Crippen LogP contribution in [0.1, 0.15) is 31.0 Å². The molecule has 4 N–H and O–H groups in total. The van der Waals surface area contributed by atoms with Crippen molar-refractivity contribution in [3.8, 4) is 17.0 Å². The average molecular weight is 362 g/mol. The summed E-state index contributed by atoms with van der Waals surface area (Å²) in [5, 5.41) is 12.6. The van der Waals surface area contributed by atoms with Crippen molar-refractivity contribution in [1.29, 1.82) is 0 Å². The first-order valence-corrected chi connectivity index (χ1v) is 9.23. The van der Waals surface area contributed by atoms with Gasteiger partial charge in [0.1, 0.15) is 5.75 Å². The molecular formula is C22H26N4O. The quantitative estimate of drug-likeness (QED) is 0.588. The molecule has 27 heavy (non-hydrogen) atoms. The van der Waals surface area contributed by atoms with E-state index in [0.29, 0.717) is 18.4 Å². The molecule has 2 aromatic carbocycles. The number of aromatic hydroxyl groups is 1. The summed E-state index contributed by atoms with van der Waals surface area (Å²) < 4.78 is 0. The molecule has 0 aliphatic carbocycles. The van der Waals surface area contributed by atoms with Crippen LogP contribution in [0, 0.1) is 5.92 Å². The molecule has 1 heterocycles. The zero-order valence-corrected chi connectivity index (χ0v) is 15.8. The zero-order valence-electron chi connectivity index (χ0n) is 15.8. The standard InChI is InChI=1S/C22H26N4O/c1-15(2)21(23)18-5-3-4-17(14-18)20-11-13-25-22(26-20)24-12-10-16-6-8-19(27)9-7-16/h3-9,11,13-15,21,27H,10,12,23H2,1-2H3,(H,24,25,26). The van der Waals surface area contributed by atoms with E-state index in [9.17, 15) is 5.11 Å². The fourth-order valence-electron chi connectivity index (χ4n) is 2.88. The van der Waals surface area contributed by atoms with Crippen LogP contribution in [-0.2, 0) is 6.42 Å². The Labute approximate surface area is 160 Å². The Morgan fingerprint density at radius 2 is 1.85 bits per heavy atom. The van der Waals surface area contributed by atoms with Crippen LogP contribution in [0.25, 0.3) is 11.3 Å². The lowest BCUT2D eigenvalue weighted by Gasteiger charge is -2.16. The van der Waals surface area contributed by atoms with Gasteiger partial charge in [-0.2, -0.15) is 0 Å². The maximum atomic E-state index is 9.34. The van der Waals surface area contributed by atoms with Gasteiger partial charge in [-0.05, 0) is 47.7 Å². The van der Waals surface area contributed by atoms with E-state index in [4.69, 9.17) is 5.73 Å². The number of hydrogen-bond donors (Lipinski definition) is 3. The Kier molecular flexibility index (Phi) is 6.04. The van der Waals surface area contributed by atoms with Crippen molar-refractivity contribution in [2.24, 2.45) is 11.7 Å². The van der Waals surface area contributed by atoms with Crippen LogP contribution in [0.4, 0.5) is 5.95 Å². The predicted molar refractivity (Wildman–Crippen MR) is 110 cm³/mol. The third kappa shape index (κ3) is 5.05. The molecule has 0 saturated heterocycles. The highest BCUT2D eigenvalue weighted by Crippen LogP contribution is 2.24. The van der Waals surface area contributed by atoms with Crippen LogP contribution in [0.3, 0.4) is 0 Å². The van der Waals surface area contributed by atoms with Crippen LogP contribution in [-0.4, -0.2) is 21.6 Å². The molecule has 0 saturated carbocycles. The first-order chi connectivity index (χ1) is 13.0. The van der Waals surface area contributed by atoms with E-state index in [1.165, 1.54) is 0 Å². The van der Waals surface area contributed by atoms with E-state index in [1.807, 2.05) is 30.3 Å². The van der Waals surface area contributed by atoms with E-state index in [0.717, 1.165) is 28.8 Å². The van der Waals surface area contributed by atoms with Crippen LogP contribution in [0.15, 0.2) is 60.8 Å². The summed E-state index contributed by atoms with van der Waals surface area (Å²) in [6.45, 7) is 4.96. The molecule has 0 fully saturated rings. The minimum atomic E-state index is 0.00897. The van der Waals surface area contributed by atoms with Crippen LogP contribution >= 0.6 is 0 Å². The summed E-state index contributed by atoms with van der Waals surface area (Å²) in [4.78, 5) is 8.94. The number of benzene rings is 2. The molecule has 0 spiro atoms. The molecule has 0 bridgehead atoms. The Bertz CT molecular complexity index is 877. The van der Waals surface area contributed by atoms with E-state index < -0.39 is 0 Å². The Balaban J connectivity index is 1.68. The normalized spacial score (nSPS) is 12.1. The molecule has 3 rings (SSSR count). The SMILES string of the molecule is CC(C)C(N)c1cccc(-c2ccnc(NCCc3ccc(O)cc3)n2)c1. The van der Waals surface area contributed by atoms with Gasteiger partial charge in [-0.3, -0.25) is 0 Å². The molecule has 1 unspecified atom stereocenters. The van der Waals surface area contributed by atoms with Crippen molar-refractivity contribution in [2.45, 2.75) is 26.3 Å². The minimum Gasteiger partial charge on any atom is -0.508 e. The molecule has 0 radical (unpaired) electrons. The van der Waals surface area contributed by atoms with Gasteiger partial charge in [-0.25, -0.2) is 9.97 Å². The van der Waals surface area contributed by atoms with E-state index in [2.05, 4.69) is 41.3 Å². The van der Waals surface area contributed by atoms with Gasteiger partial charge < -0.3 is 16.2 Å². The molecule has 0 amide bonds. The summed E-state index contributed by atoms with van der Waals surface area (Å²) in [6.07, 6.45) is 2.59. The minimum absolute atomic E-state index is 0.00897. The van der Waals surface area contributed by atoms with Gasteiger partial charge in [0, 0.05) is 24.3 Å². The molecular weight excluding hydrogens is 336 g/mol. The Morgan fingerprint density at radius 1 is 1.07 bits per heavy atom. The average Bonchev–Trinajstić information content (AvgIpc) is 2.69. The highest BCUT2D eigenvalue weighted by molar-refractivity contribution is 5.61. The zero-order chi connectivity index (χ0) is 19.2. The molecule has 5 nitrogen and oxygen atoms in total. The largest absolute Gasteiger partial charge is 0.508 e. The summed E-state index contributed by atoms with van der Waals surface area (Å²) in [6, 6.07) is 17.4. The third-order valence-electron chi connectivity index (χ3n) is 4.57. The highest BCUT2D eigenvalue weighted by atomic mass is 16.3. The first kappa shape index (κ1) is 18.9. The fourth-order valence-corrected chi connectivity index (χ4v) is 2.88. The van der Waals surface area contributed by atoms with Crippen molar-refractivity contribution in [3.63, 3.8) is 0 Å². The number of hydrogen-bond acceptors (Lipinski definition) is 5. The second kappa shape index (κ2) is 8.64. The molecule has 140 valence electrons. The lowest BCUT2D eigenvalue weighted by atomic mass is 9.95. The number of nitrogens with one attached hydrogen (secondary N) is 1. The van der Waals surface area contributed by atoms with Crippen molar-refractivity contribution in [1.82, 2.24) is 9.97 Å². The van der Waals surface area contributed by atoms with Crippen LogP contribution < -0.4 is 11.1 Å². The Hall–Kier alpha value is -2.92. The van der Waals surface area contributed by atoms with Crippen molar-refractivity contribution >= 4 is 5.95 Å². The van der Waals surface area contributed by atoms with Crippen LogP contribution in [0.2, 0.25) is 0 Å². The van der Waals surface area contributed by atoms with Gasteiger partial charge >= 0.3 is 0 Å². The lowest BCUT2D eigenvalue weighted by Crippen LogP contribution is -2.16. The van der Waals surface area contributed by atoms with Crippen molar-refractivity contribution < 1.29 is 5.11 Å². The molecule has 1 aromatic heterocycles. The van der Waals surface area contributed by atoms with Crippen LogP contribution in [0.5, 0.6) is 5.75 Å². The lowest BCUT2D eigenvalue weighted by molar-refractivity contribution is 0.475. The van der Waals surface area contributed by atoms with Crippen molar-refractivity contribution in [2.75, 3.05) is 11.9 Å². The fraction of sp³-hybridized carbons (Fsp3) is 0.273. The maximum Gasteiger partial charge on any atom is 0.223 e. The monoisotopic (exact) mass is 362 g/mol. The van der Waals surface area contributed by atoms with Gasteiger partial charge in [-0.15, -0.1) is 0 Å². The highest BCUT2D eigenvalue weighted by Gasteiger charge is 2.11. The first-order valence-electron chi connectivity index (χ1n) is 9.23. The maximum absolute atomic E-state index is 9.34. The number of phenolic OH excluding ortho intramolecular Hbond substituents is 1. The van der Waals surface area contributed by atoms with Gasteiger partial charge in [0.2, 0.25) is 5.95 Å². The van der Waals surface area contributed by atoms with Gasteiger partial charge in [-0.1, -0.05) is 44.2 Å². The van der Waals surface area contributed by atoms with Crippen molar-refractivity contribution in [3.05, 3.63) is 71.9 Å². The molecule has 0 aliphatic heterocycles. The smallest absolute Gasteiger partial charge is 0.223 e. The number of phenols is 1. The van der Waals surface area contributed by atoms with Gasteiger partial charge in [0.15, 0.2) is 0 Å². The second-order valence-corrected chi connectivity index (χ2v) is 7.00. The van der Waals surface area contributed by atoms with E-state index in [-0.39, 0.29) is 11.8 Å². The number of rotatable bonds is 7. The summed E-state index contributed by atoms with van der Waals surface area (Å²) in [7, 11) is 0. The molecule has 1 atom stereocenters. The second-order valence-electron chi connectivity index (χ2n) is 7.00. The van der Waals surface area contributed by atoms with E-state index in [1.54, 1.807) is 18.3 Å². The number of nitrogens with zero attached hydrogens (tertiary/aromatic N) is 2. The number of nitrogens with two attached hydrogens (primary N) is 1. The van der Waals surface area contributed by atoms with Gasteiger partial charge in [0.25, 0.3) is 0 Å². The van der Waals surface area contributed by atoms with E-state index >= 15 is 0 Å². The topological polar surface area (TPSA) is 84.1 Å². The van der Waals surface area contributed by atoms with Gasteiger partial charge in [0.05, 0.1) is 5.69 Å². The third-order valence-corrected chi connectivity index (χ3v) is 4.57. The predicted octanol–water partition coefficient (Wildman–Crippen LogP) is 4.16. The number of anilines is 1. The summed E-state index contributed by atoms with van der Waals surface area (Å²) in [5.41, 5.74) is 10.4. The Morgan fingerprint density at radius 3 is 2.59 bits per heavy atom.